The average Bonchev–Trinajstić information content (AvgIpc) is 2.63. The highest BCUT2D eigenvalue weighted by Gasteiger charge is 2.29. The van der Waals surface area contributed by atoms with Crippen LogP contribution in [0, 0.1) is 5.82 Å². The number of hydrogen-bond donors (Lipinski definition) is 1. The monoisotopic (exact) mass is 366 g/mol. The lowest BCUT2D eigenvalue weighted by molar-refractivity contribution is -0.140. The van der Waals surface area contributed by atoms with Gasteiger partial charge in [0.15, 0.2) is 5.76 Å². The molecular weight excluding hydrogens is 347 g/mol. The molecule has 0 aliphatic heterocycles. The summed E-state index contributed by atoms with van der Waals surface area (Å²) >= 11 is 0. The highest BCUT2D eigenvalue weighted by molar-refractivity contribution is 5.71. The van der Waals surface area contributed by atoms with E-state index in [-0.39, 0.29) is 35.9 Å². The van der Waals surface area contributed by atoms with E-state index in [1.807, 2.05) is 0 Å². The summed E-state index contributed by atoms with van der Waals surface area (Å²) in [5, 5.41) is 10.2. The molecule has 1 N–H and O–H groups in total. The van der Waals surface area contributed by atoms with Gasteiger partial charge in [0.2, 0.25) is 11.2 Å². The Morgan fingerprint density at radius 1 is 1.27 bits per heavy atom. The number of rotatable bonds is 7. The molecule has 26 heavy (non-hydrogen) atoms. The quantitative estimate of drug-likeness (QED) is 0.752. The standard InChI is InChI=1S/C18H19FO7/c1-23-9-11-7-15(20)17(22)18(26-11)13(8-16(21)25-3)12-5-4-10(24-2)6-14(12)19/h4-7,13,22H,8-9H2,1-3H3. The first-order chi connectivity index (χ1) is 12.4. The van der Waals surface area contributed by atoms with E-state index < -0.39 is 28.9 Å². The molecule has 0 saturated heterocycles. The van der Waals surface area contributed by atoms with Gasteiger partial charge >= 0.3 is 5.97 Å². The molecule has 1 aromatic carbocycles. The van der Waals surface area contributed by atoms with E-state index >= 15 is 0 Å². The van der Waals surface area contributed by atoms with Crippen molar-refractivity contribution in [1.82, 2.24) is 0 Å². The molecule has 0 radical (unpaired) electrons. The van der Waals surface area contributed by atoms with Crippen LogP contribution in [-0.4, -0.2) is 32.4 Å². The Balaban J connectivity index is 2.62. The fourth-order valence-corrected chi connectivity index (χ4v) is 2.52. The molecule has 1 heterocycles. The van der Waals surface area contributed by atoms with Crippen LogP contribution in [0.4, 0.5) is 4.39 Å². The third kappa shape index (κ3) is 4.20. The van der Waals surface area contributed by atoms with Crippen molar-refractivity contribution in [2.45, 2.75) is 18.9 Å². The normalized spacial score (nSPS) is 11.8. The van der Waals surface area contributed by atoms with E-state index in [0.717, 1.165) is 12.1 Å². The van der Waals surface area contributed by atoms with Gasteiger partial charge in [0.05, 0.1) is 26.6 Å². The predicted octanol–water partition coefficient (Wildman–Crippen LogP) is 2.33. The Morgan fingerprint density at radius 3 is 2.58 bits per heavy atom. The fraction of sp³-hybridized carbons (Fsp3) is 0.333. The number of aromatic hydroxyl groups is 1. The fourth-order valence-electron chi connectivity index (χ4n) is 2.52. The molecule has 0 aliphatic rings. The largest absolute Gasteiger partial charge is 0.502 e. The Morgan fingerprint density at radius 2 is 2.00 bits per heavy atom. The van der Waals surface area contributed by atoms with Gasteiger partial charge in [0, 0.05) is 19.2 Å². The van der Waals surface area contributed by atoms with E-state index in [1.54, 1.807) is 0 Å². The molecule has 0 fully saturated rings. The molecule has 1 atom stereocenters. The highest BCUT2D eigenvalue weighted by Crippen LogP contribution is 2.35. The molecule has 0 aliphatic carbocycles. The maximum atomic E-state index is 14.5. The second-order valence-electron chi connectivity index (χ2n) is 5.44. The average molecular weight is 366 g/mol. The first-order valence-electron chi connectivity index (χ1n) is 7.66. The van der Waals surface area contributed by atoms with E-state index in [9.17, 15) is 19.1 Å². The van der Waals surface area contributed by atoms with Gasteiger partial charge in [0.1, 0.15) is 23.9 Å². The molecule has 0 saturated carbocycles. The molecule has 2 aromatic rings. The minimum atomic E-state index is -1.07. The van der Waals surface area contributed by atoms with Crippen molar-refractivity contribution in [3.8, 4) is 11.5 Å². The van der Waals surface area contributed by atoms with E-state index in [0.29, 0.717) is 0 Å². The molecule has 1 unspecified atom stereocenters. The molecule has 0 bridgehead atoms. The van der Waals surface area contributed by atoms with Crippen LogP contribution >= 0.6 is 0 Å². The number of benzene rings is 1. The number of hydrogen-bond acceptors (Lipinski definition) is 7. The van der Waals surface area contributed by atoms with Gasteiger partial charge in [-0.25, -0.2) is 4.39 Å². The Kier molecular flexibility index (Phi) is 6.35. The van der Waals surface area contributed by atoms with Crippen LogP contribution in [0.1, 0.15) is 29.4 Å². The summed E-state index contributed by atoms with van der Waals surface area (Å²) in [5.41, 5.74) is -0.675. The lowest BCUT2D eigenvalue weighted by Crippen LogP contribution is -2.15. The molecule has 0 amide bonds. The number of halogens is 1. The lowest BCUT2D eigenvalue weighted by Gasteiger charge is -2.18. The van der Waals surface area contributed by atoms with Gasteiger partial charge in [-0.2, -0.15) is 0 Å². The Bertz CT molecular complexity index is 844. The van der Waals surface area contributed by atoms with Crippen LogP contribution in [0.3, 0.4) is 0 Å². The van der Waals surface area contributed by atoms with Crippen molar-refractivity contribution < 1.29 is 32.9 Å². The van der Waals surface area contributed by atoms with Crippen LogP contribution in [0.5, 0.6) is 11.5 Å². The maximum Gasteiger partial charge on any atom is 0.306 e. The van der Waals surface area contributed by atoms with Crippen molar-refractivity contribution in [2.24, 2.45) is 0 Å². The number of ether oxygens (including phenoxy) is 3. The van der Waals surface area contributed by atoms with Crippen molar-refractivity contribution in [3.63, 3.8) is 0 Å². The van der Waals surface area contributed by atoms with E-state index in [4.69, 9.17) is 13.9 Å². The number of carbonyl (C=O) groups is 1. The van der Waals surface area contributed by atoms with Crippen LogP contribution in [0.2, 0.25) is 0 Å². The number of esters is 1. The summed E-state index contributed by atoms with van der Waals surface area (Å²) in [6.07, 6.45) is -0.341. The molecule has 1 aromatic heterocycles. The van der Waals surface area contributed by atoms with Crippen LogP contribution < -0.4 is 10.2 Å². The zero-order valence-electron chi connectivity index (χ0n) is 14.6. The van der Waals surface area contributed by atoms with Crippen LogP contribution in [-0.2, 0) is 20.9 Å². The highest BCUT2D eigenvalue weighted by atomic mass is 19.1. The minimum absolute atomic E-state index is 0.0292. The summed E-state index contributed by atoms with van der Waals surface area (Å²) in [6, 6.07) is 5.09. The maximum absolute atomic E-state index is 14.5. The third-order valence-electron chi connectivity index (χ3n) is 3.78. The summed E-state index contributed by atoms with van der Waals surface area (Å²) in [4.78, 5) is 23.8. The second kappa shape index (κ2) is 8.48. The van der Waals surface area contributed by atoms with Crippen molar-refractivity contribution in [1.29, 1.82) is 0 Å². The van der Waals surface area contributed by atoms with Crippen LogP contribution in [0.15, 0.2) is 33.5 Å². The summed E-state index contributed by atoms with van der Waals surface area (Å²) in [6.45, 7) is -0.0292. The van der Waals surface area contributed by atoms with Gasteiger partial charge in [-0.1, -0.05) is 6.07 Å². The first-order valence-corrected chi connectivity index (χ1v) is 7.66. The summed E-state index contributed by atoms with van der Waals surface area (Å²) in [7, 11) is 3.97. The summed E-state index contributed by atoms with van der Waals surface area (Å²) in [5.74, 6) is -2.94. The molecule has 140 valence electrons. The summed E-state index contributed by atoms with van der Waals surface area (Å²) < 4.78 is 34.6. The van der Waals surface area contributed by atoms with Crippen molar-refractivity contribution >= 4 is 5.97 Å². The van der Waals surface area contributed by atoms with E-state index in [1.165, 1.54) is 33.5 Å². The minimum Gasteiger partial charge on any atom is -0.502 e. The SMILES string of the molecule is COCc1cc(=O)c(O)c(C(CC(=O)OC)c2ccc(OC)cc2F)o1. The Hall–Kier alpha value is -2.87. The van der Waals surface area contributed by atoms with E-state index in [2.05, 4.69) is 4.74 Å². The second-order valence-corrected chi connectivity index (χ2v) is 5.44. The first kappa shape index (κ1) is 19.5. The van der Waals surface area contributed by atoms with Crippen LogP contribution in [0.25, 0.3) is 0 Å². The molecule has 8 heteroatoms. The molecule has 0 spiro atoms. The van der Waals surface area contributed by atoms with Crippen molar-refractivity contribution in [3.05, 3.63) is 57.4 Å². The molecule has 2 rings (SSSR count). The van der Waals surface area contributed by atoms with Crippen molar-refractivity contribution in [2.75, 3.05) is 21.3 Å². The van der Waals surface area contributed by atoms with Gasteiger partial charge in [-0.3, -0.25) is 9.59 Å². The lowest BCUT2D eigenvalue weighted by atomic mass is 9.91. The van der Waals surface area contributed by atoms with Gasteiger partial charge in [-0.05, 0) is 11.6 Å². The molecular formula is C18H19FO7. The third-order valence-corrected chi connectivity index (χ3v) is 3.78. The zero-order chi connectivity index (χ0) is 19.3. The number of carbonyl (C=O) groups excluding carboxylic acids is 1. The zero-order valence-corrected chi connectivity index (χ0v) is 14.6. The van der Waals surface area contributed by atoms with Gasteiger partial charge < -0.3 is 23.7 Å². The smallest absolute Gasteiger partial charge is 0.306 e. The van der Waals surface area contributed by atoms with Gasteiger partial charge in [-0.15, -0.1) is 0 Å². The molecule has 7 nitrogen and oxygen atoms in total. The van der Waals surface area contributed by atoms with Gasteiger partial charge in [0.25, 0.3) is 0 Å². The predicted molar refractivity (Wildman–Crippen MR) is 88.8 cm³/mol. The Labute approximate surface area is 148 Å². The number of methoxy groups -OCH3 is 3. The topological polar surface area (TPSA) is 95.2 Å².